The molecule has 2 rings (SSSR count). The van der Waals surface area contributed by atoms with Gasteiger partial charge in [0.25, 0.3) is 5.89 Å². The molecular formula is C14H17BrN4O4. The van der Waals surface area contributed by atoms with E-state index in [0.717, 1.165) is 4.68 Å². The van der Waals surface area contributed by atoms with Gasteiger partial charge < -0.3 is 9.52 Å². The van der Waals surface area contributed by atoms with Crippen LogP contribution in [0.3, 0.4) is 0 Å². The first-order valence-electron chi connectivity index (χ1n) is 6.79. The first-order valence-corrected chi connectivity index (χ1v) is 7.58. The number of carbonyl (C=O) groups is 1. The highest BCUT2D eigenvalue weighted by Gasteiger charge is 2.25. The van der Waals surface area contributed by atoms with Gasteiger partial charge in [-0.05, 0) is 27.4 Å². The molecular weight excluding hydrogens is 368 g/mol. The van der Waals surface area contributed by atoms with E-state index in [2.05, 4.69) is 26.0 Å². The molecule has 2 aromatic heterocycles. The minimum absolute atomic E-state index is 0.120. The summed E-state index contributed by atoms with van der Waals surface area (Å²) in [6, 6.07) is 1.62. The fourth-order valence-electron chi connectivity index (χ4n) is 1.92. The lowest BCUT2D eigenvalue weighted by Crippen LogP contribution is -2.37. The molecule has 9 heteroatoms. The molecule has 2 aromatic rings. The first-order chi connectivity index (χ1) is 10.6. The molecule has 0 aliphatic carbocycles. The Morgan fingerprint density at radius 3 is 2.57 bits per heavy atom. The number of amides is 1. The molecule has 124 valence electrons. The summed E-state index contributed by atoms with van der Waals surface area (Å²) < 4.78 is 6.53. The van der Waals surface area contributed by atoms with E-state index >= 15 is 0 Å². The Bertz CT molecular complexity index is 791. The average molecular weight is 385 g/mol. The summed E-state index contributed by atoms with van der Waals surface area (Å²) in [7, 11) is 1.47. The molecule has 2 heterocycles. The van der Waals surface area contributed by atoms with Crippen molar-refractivity contribution in [2.75, 3.05) is 11.4 Å². The molecule has 0 saturated carbocycles. The summed E-state index contributed by atoms with van der Waals surface area (Å²) in [5, 5.41) is 13.4. The maximum absolute atomic E-state index is 11.5. The molecule has 8 nitrogen and oxygen atoms in total. The average Bonchev–Trinajstić information content (AvgIpc) is 2.75. The van der Waals surface area contributed by atoms with Gasteiger partial charge in [0.15, 0.2) is 5.82 Å². The number of aryl methyl sites for hydroxylation is 1. The molecule has 0 bridgehead atoms. The van der Waals surface area contributed by atoms with Gasteiger partial charge in [-0.3, -0.25) is 4.90 Å². The zero-order valence-electron chi connectivity index (χ0n) is 13.2. The van der Waals surface area contributed by atoms with E-state index in [4.69, 9.17) is 4.42 Å². The molecule has 0 aliphatic heterocycles. The van der Waals surface area contributed by atoms with Crippen LogP contribution in [0.1, 0.15) is 20.8 Å². The quantitative estimate of drug-likeness (QED) is 0.872. The van der Waals surface area contributed by atoms with Crippen LogP contribution in [0.4, 0.5) is 10.6 Å². The highest BCUT2D eigenvalue weighted by molar-refractivity contribution is 9.10. The summed E-state index contributed by atoms with van der Waals surface area (Å²) in [6.07, 6.45) is 0.328. The highest BCUT2D eigenvalue weighted by Crippen LogP contribution is 2.30. The monoisotopic (exact) mass is 384 g/mol. The highest BCUT2D eigenvalue weighted by atomic mass is 79.9. The standard InChI is InChI=1S/C14H17BrN4O4/c1-14(2,3)7-19(12(20)21)10-9(15)5-8(6-16-10)11-17-18(4)13(22)23-11/h5-6H,7H2,1-4H3,(H,20,21). The van der Waals surface area contributed by atoms with Crippen molar-refractivity contribution in [1.29, 1.82) is 0 Å². The number of hydrogen-bond acceptors (Lipinski definition) is 5. The molecule has 1 amide bonds. The molecule has 0 saturated heterocycles. The molecule has 0 spiro atoms. The number of rotatable bonds is 3. The summed E-state index contributed by atoms with van der Waals surface area (Å²) in [4.78, 5) is 28.2. The molecule has 0 atom stereocenters. The second-order valence-electron chi connectivity index (χ2n) is 6.26. The van der Waals surface area contributed by atoms with Crippen LogP contribution < -0.4 is 10.7 Å². The van der Waals surface area contributed by atoms with Gasteiger partial charge in [0.1, 0.15) is 0 Å². The van der Waals surface area contributed by atoms with Crippen LogP contribution in [0, 0.1) is 5.41 Å². The van der Waals surface area contributed by atoms with Crippen LogP contribution in [0.5, 0.6) is 0 Å². The van der Waals surface area contributed by atoms with E-state index in [9.17, 15) is 14.7 Å². The number of pyridine rings is 1. The van der Waals surface area contributed by atoms with E-state index in [0.29, 0.717) is 10.0 Å². The maximum atomic E-state index is 11.5. The number of carboxylic acid groups (broad SMARTS) is 1. The van der Waals surface area contributed by atoms with Gasteiger partial charge in [-0.1, -0.05) is 20.8 Å². The topological polar surface area (TPSA) is 101 Å². The zero-order valence-corrected chi connectivity index (χ0v) is 14.8. The number of nitrogens with zero attached hydrogens (tertiary/aromatic N) is 4. The predicted molar refractivity (Wildman–Crippen MR) is 87.5 cm³/mol. The van der Waals surface area contributed by atoms with Crippen LogP contribution in [-0.4, -0.2) is 32.5 Å². The van der Waals surface area contributed by atoms with Crippen molar-refractivity contribution in [2.45, 2.75) is 20.8 Å². The van der Waals surface area contributed by atoms with Crippen LogP contribution >= 0.6 is 15.9 Å². The molecule has 0 aliphatic rings. The van der Waals surface area contributed by atoms with Crippen molar-refractivity contribution in [3.63, 3.8) is 0 Å². The lowest BCUT2D eigenvalue weighted by molar-refractivity contribution is 0.198. The van der Waals surface area contributed by atoms with E-state index in [1.54, 1.807) is 6.07 Å². The van der Waals surface area contributed by atoms with E-state index in [-0.39, 0.29) is 23.7 Å². The third-order valence-corrected chi connectivity index (χ3v) is 3.46. The van der Waals surface area contributed by atoms with Gasteiger partial charge in [0.2, 0.25) is 0 Å². The van der Waals surface area contributed by atoms with Crippen molar-refractivity contribution in [1.82, 2.24) is 14.8 Å². The van der Waals surface area contributed by atoms with Crippen LogP contribution in [0.25, 0.3) is 11.5 Å². The van der Waals surface area contributed by atoms with Gasteiger partial charge in [-0.25, -0.2) is 14.6 Å². The van der Waals surface area contributed by atoms with E-state index in [1.165, 1.54) is 18.1 Å². The molecule has 0 aromatic carbocycles. The summed E-state index contributed by atoms with van der Waals surface area (Å²) in [6.45, 7) is 6.10. The lowest BCUT2D eigenvalue weighted by atomic mass is 9.96. The fourth-order valence-corrected chi connectivity index (χ4v) is 2.48. The largest absolute Gasteiger partial charge is 0.465 e. The third-order valence-electron chi connectivity index (χ3n) is 2.88. The third kappa shape index (κ3) is 3.98. The SMILES string of the molecule is Cn1nc(-c2cnc(N(CC(C)(C)C)C(=O)O)c(Br)c2)oc1=O. The van der Waals surface area contributed by atoms with Gasteiger partial charge in [-0.2, -0.15) is 4.68 Å². The Balaban J connectivity index is 2.41. The number of halogens is 1. The smallest absolute Gasteiger partial charge is 0.437 e. The number of aromatic nitrogens is 3. The fraction of sp³-hybridized carbons (Fsp3) is 0.429. The Morgan fingerprint density at radius 1 is 1.48 bits per heavy atom. The Labute approximate surface area is 140 Å². The summed E-state index contributed by atoms with van der Waals surface area (Å²) in [5.74, 6) is -0.190. The molecule has 0 fully saturated rings. The van der Waals surface area contributed by atoms with Crippen LogP contribution in [0.2, 0.25) is 0 Å². The van der Waals surface area contributed by atoms with Crippen molar-refractivity contribution in [2.24, 2.45) is 12.5 Å². The number of anilines is 1. The summed E-state index contributed by atoms with van der Waals surface area (Å²) in [5.41, 5.74) is 0.241. The maximum Gasteiger partial charge on any atom is 0.437 e. The minimum atomic E-state index is -1.09. The van der Waals surface area contributed by atoms with Crippen LogP contribution in [0.15, 0.2) is 25.9 Å². The Kier molecular flexibility index (Phi) is 4.60. The van der Waals surface area contributed by atoms with Gasteiger partial charge in [0.05, 0.1) is 10.0 Å². The molecule has 0 radical (unpaired) electrons. The zero-order chi connectivity index (χ0) is 17.4. The lowest BCUT2D eigenvalue weighted by Gasteiger charge is -2.27. The molecule has 23 heavy (non-hydrogen) atoms. The summed E-state index contributed by atoms with van der Waals surface area (Å²) >= 11 is 3.32. The van der Waals surface area contributed by atoms with Crippen LogP contribution in [-0.2, 0) is 7.05 Å². The number of hydrogen-bond donors (Lipinski definition) is 1. The Morgan fingerprint density at radius 2 is 2.13 bits per heavy atom. The van der Waals surface area contributed by atoms with Gasteiger partial charge in [-0.15, -0.1) is 5.10 Å². The van der Waals surface area contributed by atoms with Crippen molar-refractivity contribution >= 4 is 27.8 Å². The normalized spacial score (nSPS) is 11.5. The van der Waals surface area contributed by atoms with Crippen molar-refractivity contribution in [3.05, 3.63) is 27.3 Å². The molecule has 0 unspecified atom stereocenters. The molecule has 1 N–H and O–H groups in total. The second kappa shape index (κ2) is 6.15. The van der Waals surface area contributed by atoms with Crippen molar-refractivity contribution in [3.8, 4) is 11.5 Å². The first kappa shape index (κ1) is 17.2. The van der Waals surface area contributed by atoms with Gasteiger partial charge in [0, 0.05) is 19.8 Å². The van der Waals surface area contributed by atoms with Gasteiger partial charge >= 0.3 is 11.8 Å². The van der Waals surface area contributed by atoms with E-state index < -0.39 is 11.8 Å². The van der Waals surface area contributed by atoms with Crippen molar-refractivity contribution < 1.29 is 14.3 Å². The second-order valence-corrected chi connectivity index (χ2v) is 7.11. The van der Waals surface area contributed by atoms with E-state index in [1.807, 2.05) is 20.8 Å². The predicted octanol–water partition coefficient (Wildman–Crippen LogP) is 2.73. The minimum Gasteiger partial charge on any atom is -0.465 e. The Hall–Kier alpha value is -2.16.